The first-order valence-corrected chi connectivity index (χ1v) is 14.8. The van der Waals surface area contributed by atoms with Crippen LogP contribution in [0.4, 0.5) is 13.2 Å². The predicted octanol–water partition coefficient (Wildman–Crippen LogP) is 5.26. The number of rotatable bonds is 10. The van der Waals surface area contributed by atoms with Crippen molar-refractivity contribution in [3.63, 3.8) is 0 Å². The molecule has 1 fully saturated rings. The molecule has 39 heavy (non-hydrogen) atoms. The van der Waals surface area contributed by atoms with Gasteiger partial charge in [0, 0.05) is 29.5 Å². The second-order valence-electron chi connectivity index (χ2n) is 8.47. The first-order chi connectivity index (χ1) is 18.9. The molecule has 2 aromatic heterocycles. The Balaban J connectivity index is 0.00000127. The Morgan fingerprint density at radius 1 is 1.08 bits per heavy atom. The molecular weight excluding hydrogens is 553 g/mol. The van der Waals surface area contributed by atoms with Crippen LogP contribution in [-0.2, 0) is 17.5 Å². The molecule has 0 radical (unpaired) electrons. The predicted molar refractivity (Wildman–Crippen MR) is 149 cm³/mol. The van der Waals surface area contributed by atoms with E-state index >= 15 is 0 Å². The number of hydrogen-bond acceptors (Lipinski definition) is 5. The van der Waals surface area contributed by atoms with Crippen molar-refractivity contribution in [1.82, 2.24) is 0 Å². The number of halogens is 4. The van der Waals surface area contributed by atoms with Gasteiger partial charge < -0.3 is 18.8 Å². The minimum absolute atomic E-state index is 0.170. The van der Waals surface area contributed by atoms with E-state index in [4.69, 9.17) is 13.9 Å². The van der Waals surface area contributed by atoms with Gasteiger partial charge in [-0.05, 0) is 37.1 Å². The van der Waals surface area contributed by atoms with Gasteiger partial charge in [-0.2, -0.15) is 13.2 Å². The summed E-state index contributed by atoms with van der Waals surface area (Å²) in [6.45, 7) is 8.34. The largest absolute Gasteiger partial charge is 0.487 e. The molecule has 11 heteroatoms. The van der Waals surface area contributed by atoms with Gasteiger partial charge in [0.1, 0.15) is 25.9 Å². The van der Waals surface area contributed by atoms with E-state index in [9.17, 15) is 18.0 Å². The number of unbranched alkanes of at least 4 members (excludes halogenated alkanes) is 2. The lowest BCUT2D eigenvalue weighted by atomic mass is 10.1. The highest BCUT2D eigenvalue weighted by Crippen LogP contribution is 2.33. The number of aromatic amines is 1. The maximum Gasteiger partial charge on any atom is 0.416 e. The van der Waals surface area contributed by atoms with Crippen molar-refractivity contribution < 1.29 is 36.9 Å². The van der Waals surface area contributed by atoms with Crippen molar-refractivity contribution in [2.24, 2.45) is 0 Å². The van der Waals surface area contributed by atoms with Crippen molar-refractivity contribution in [2.75, 3.05) is 45.0 Å². The van der Waals surface area contributed by atoms with Gasteiger partial charge in [-0.3, -0.25) is 4.79 Å². The van der Waals surface area contributed by atoms with Crippen molar-refractivity contribution in [3.8, 4) is 5.75 Å². The van der Waals surface area contributed by atoms with Crippen LogP contribution in [0.5, 0.6) is 5.75 Å². The monoisotopic (exact) mass is 590 g/mol. The third-order valence-corrected chi connectivity index (χ3v) is 7.03. The quantitative estimate of drug-likeness (QED) is 0.198. The molecule has 1 aliphatic heterocycles. The molecule has 0 saturated carbocycles. The van der Waals surface area contributed by atoms with E-state index in [0.29, 0.717) is 24.4 Å². The fourth-order valence-corrected chi connectivity index (χ4v) is 5.01. The fourth-order valence-electron chi connectivity index (χ4n) is 3.94. The third kappa shape index (κ3) is 10.7. The normalized spacial score (nSPS) is 13.7. The van der Waals surface area contributed by atoms with Crippen molar-refractivity contribution in [3.05, 3.63) is 64.3 Å². The molecule has 2 N–H and O–H groups in total. The standard InChI is InChI=1S/C25H27F3N2O4S.C2H6.CH3Cl/c26-25(27,28)18-4-5-20-21(14-18)29-7-6-24(20)35-13-3-1-2-10-33-23-17-34-19(15-22(23)31)16-30-8-11-32-12-9-30;2*1-2/h4-7,14-15,17H,1-3,8-13,16H2;1-2H3;1H3/p+2. The molecule has 4 rings (SSSR count). The Labute approximate surface area is 236 Å². The Morgan fingerprint density at radius 3 is 2.51 bits per heavy atom. The molecule has 3 heterocycles. The zero-order valence-corrected chi connectivity index (χ0v) is 24.2. The molecule has 1 saturated heterocycles. The third-order valence-electron chi connectivity index (χ3n) is 5.87. The Morgan fingerprint density at radius 2 is 1.82 bits per heavy atom. The summed E-state index contributed by atoms with van der Waals surface area (Å²) in [5, 5.41) is 0.777. The van der Waals surface area contributed by atoms with E-state index in [2.05, 4.69) is 16.6 Å². The molecule has 1 aromatic carbocycles. The van der Waals surface area contributed by atoms with E-state index in [-0.39, 0.29) is 11.2 Å². The van der Waals surface area contributed by atoms with Crippen LogP contribution in [0.1, 0.15) is 44.4 Å². The van der Waals surface area contributed by atoms with Crippen LogP contribution < -0.4 is 20.0 Å². The first-order valence-electron chi connectivity index (χ1n) is 13.1. The number of H-pyrrole nitrogens is 1. The van der Waals surface area contributed by atoms with E-state index in [1.165, 1.54) is 29.7 Å². The number of nitrogens with one attached hydrogen (secondary N) is 2. The Hall–Kier alpha value is -2.27. The van der Waals surface area contributed by atoms with Gasteiger partial charge in [0.15, 0.2) is 12.0 Å². The zero-order chi connectivity index (χ0) is 28.7. The number of alkyl halides is 4. The number of benzene rings is 1. The van der Waals surface area contributed by atoms with Crippen LogP contribution in [0, 0.1) is 0 Å². The number of quaternary nitrogens is 1. The lowest BCUT2D eigenvalue weighted by molar-refractivity contribution is -0.922. The van der Waals surface area contributed by atoms with Gasteiger partial charge in [0.05, 0.1) is 30.8 Å². The minimum atomic E-state index is -4.36. The number of fused-ring (bicyclic) bond motifs is 1. The summed E-state index contributed by atoms with van der Waals surface area (Å²) in [6.07, 6.45) is 2.79. The average molecular weight is 591 g/mol. The summed E-state index contributed by atoms with van der Waals surface area (Å²) in [5.74, 6) is 1.71. The van der Waals surface area contributed by atoms with Crippen LogP contribution in [0.2, 0.25) is 0 Å². The van der Waals surface area contributed by atoms with E-state index in [1.807, 2.05) is 19.9 Å². The van der Waals surface area contributed by atoms with Crippen molar-refractivity contribution in [2.45, 2.75) is 50.7 Å². The number of ether oxygens (including phenoxy) is 2. The summed E-state index contributed by atoms with van der Waals surface area (Å²) in [4.78, 5) is 17.5. The van der Waals surface area contributed by atoms with Gasteiger partial charge in [-0.1, -0.05) is 13.8 Å². The maximum absolute atomic E-state index is 12.9. The number of pyridine rings is 1. The van der Waals surface area contributed by atoms with E-state index in [1.54, 1.807) is 18.0 Å². The van der Waals surface area contributed by atoms with Crippen LogP contribution in [0.15, 0.2) is 56.9 Å². The summed E-state index contributed by atoms with van der Waals surface area (Å²) in [7, 11) is 0. The zero-order valence-electron chi connectivity index (χ0n) is 22.7. The lowest BCUT2D eigenvalue weighted by Gasteiger charge is -2.22. The van der Waals surface area contributed by atoms with Gasteiger partial charge >= 0.3 is 6.18 Å². The average Bonchev–Trinajstić information content (AvgIpc) is 2.95. The van der Waals surface area contributed by atoms with Gasteiger partial charge in [0.2, 0.25) is 16.7 Å². The van der Waals surface area contributed by atoms with Gasteiger partial charge in [0.25, 0.3) is 0 Å². The second kappa shape index (κ2) is 17.4. The molecule has 0 aliphatic carbocycles. The number of aromatic nitrogens is 1. The van der Waals surface area contributed by atoms with Gasteiger partial charge in [-0.25, -0.2) is 4.98 Å². The van der Waals surface area contributed by atoms with Crippen LogP contribution in [-0.4, -0.2) is 45.0 Å². The highest BCUT2D eigenvalue weighted by Gasteiger charge is 2.31. The summed E-state index contributed by atoms with van der Waals surface area (Å²) >= 11 is 6.26. The molecule has 0 spiro atoms. The maximum atomic E-state index is 12.9. The summed E-state index contributed by atoms with van der Waals surface area (Å²) in [6, 6.07) is 7.17. The highest BCUT2D eigenvalue weighted by molar-refractivity contribution is 7.99. The van der Waals surface area contributed by atoms with Crippen molar-refractivity contribution in [1.29, 1.82) is 0 Å². The molecule has 0 unspecified atom stereocenters. The lowest BCUT2D eigenvalue weighted by Crippen LogP contribution is -3.12. The first kappa shape index (κ1) is 32.9. The molecule has 6 nitrogen and oxygen atoms in total. The molecule has 0 bridgehead atoms. The fraction of sp³-hybridized carbons (Fsp3) is 0.500. The highest BCUT2D eigenvalue weighted by atomic mass is 35.5. The Kier molecular flexibility index (Phi) is 14.7. The smallest absolute Gasteiger partial charge is 0.416 e. The van der Waals surface area contributed by atoms with Crippen LogP contribution in [0.25, 0.3) is 10.9 Å². The van der Waals surface area contributed by atoms with Crippen molar-refractivity contribution >= 4 is 34.3 Å². The molecule has 216 valence electrons. The number of morpholine rings is 1. The van der Waals surface area contributed by atoms with E-state index in [0.717, 1.165) is 73.7 Å². The summed E-state index contributed by atoms with van der Waals surface area (Å²) < 4.78 is 55.4. The molecule has 0 atom stereocenters. The second-order valence-corrected chi connectivity index (χ2v) is 9.61. The molecule has 1 aliphatic rings. The SMILES string of the molecule is CC.CCl.O=c1cc(C[NH+]2CCOCC2)occ1OCCCCCSc1cc[nH+]c2cc(C(F)(F)F)ccc12. The Bertz CT molecular complexity index is 1190. The number of hydrogen-bond donors (Lipinski definition) is 1. The van der Waals surface area contributed by atoms with Crippen LogP contribution >= 0.6 is 23.4 Å². The molecule has 0 amide bonds. The van der Waals surface area contributed by atoms with Gasteiger partial charge in [-0.15, -0.1) is 23.4 Å². The molecule has 3 aromatic rings. The molecular formula is C28H38ClF3N2O4S+2. The van der Waals surface area contributed by atoms with Crippen LogP contribution in [0.3, 0.4) is 0 Å². The topological polar surface area (TPSA) is 67.2 Å². The number of thioether (sulfide) groups is 1. The van der Waals surface area contributed by atoms with E-state index < -0.39 is 11.7 Å². The minimum Gasteiger partial charge on any atom is -0.487 e. The summed E-state index contributed by atoms with van der Waals surface area (Å²) in [5.41, 5.74) is -0.365.